The maximum atomic E-state index is 13.9. The van der Waals surface area contributed by atoms with Crippen molar-refractivity contribution < 1.29 is 22.3 Å². The van der Waals surface area contributed by atoms with Crippen molar-refractivity contribution in [1.82, 2.24) is 0 Å². The Kier molecular flexibility index (Phi) is 6.18. The van der Waals surface area contributed by atoms with Crippen molar-refractivity contribution in [3.63, 3.8) is 0 Å². The van der Waals surface area contributed by atoms with Crippen LogP contribution in [0, 0.1) is 10.1 Å². The summed E-state index contributed by atoms with van der Waals surface area (Å²) in [5.74, 6) is 0.275. The second-order valence-electron chi connectivity index (χ2n) is 6.21. The Morgan fingerprint density at radius 2 is 1.47 bits per heavy atom. The number of non-ortho nitro benzene ring substituents is 1. The number of sulfonamides is 1. The third-order valence-corrected chi connectivity index (χ3v) is 8.55. The van der Waals surface area contributed by atoms with Gasteiger partial charge >= 0.3 is 0 Å². The first-order valence-corrected chi connectivity index (χ1v) is 11.8. The summed E-state index contributed by atoms with van der Waals surface area (Å²) in [6, 6.07) is 19.2. The zero-order chi connectivity index (χ0) is 21.8. The molecular weight excluding hydrogens is 428 g/mol. The molecule has 8 nitrogen and oxygen atoms in total. The minimum atomic E-state index is -4.36. The third-order valence-electron chi connectivity index (χ3n) is 4.22. The summed E-state index contributed by atoms with van der Waals surface area (Å²) in [6.07, 6.45) is 0. The molecule has 0 N–H and O–H groups in total. The van der Waals surface area contributed by atoms with Gasteiger partial charge in [-0.2, -0.15) is 8.42 Å². The van der Waals surface area contributed by atoms with Crippen LogP contribution in [0.1, 0.15) is 5.56 Å². The van der Waals surface area contributed by atoms with Crippen molar-refractivity contribution in [3.8, 4) is 5.75 Å². The van der Waals surface area contributed by atoms with E-state index in [-0.39, 0.29) is 21.2 Å². The van der Waals surface area contributed by atoms with Gasteiger partial charge in [0.05, 0.1) is 32.4 Å². The van der Waals surface area contributed by atoms with Crippen LogP contribution in [0.4, 0.5) is 5.69 Å². The van der Waals surface area contributed by atoms with Gasteiger partial charge < -0.3 is 4.74 Å². The van der Waals surface area contributed by atoms with Gasteiger partial charge in [-0.15, -0.1) is 3.77 Å². The van der Waals surface area contributed by atoms with Crippen LogP contribution in [0.5, 0.6) is 5.75 Å². The van der Waals surface area contributed by atoms with Crippen LogP contribution in [0.15, 0.2) is 92.4 Å². The van der Waals surface area contributed by atoms with Crippen LogP contribution >= 0.6 is 0 Å². The molecule has 10 heteroatoms. The van der Waals surface area contributed by atoms with Crippen molar-refractivity contribution in [1.29, 1.82) is 0 Å². The third kappa shape index (κ3) is 4.66. The highest BCUT2D eigenvalue weighted by molar-refractivity contribution is 8.03. The van der Waals surface area contributed by atoms with Crippen molar-refractivity contribution in [2.24, 2.45) is 3.77 Å². The largest absolute Gasteiger partial charge is 0.496 e. The van der Waals surface area contributed by atoms with Crippen molar-refractivity contribution in [3.05, 3.63) is 94.5 Å². The summed E-state index contributed by atoms with van der Waals surface area (Å²) in [5.41, 5.74) is 0.281. The van der Waals surface area contributed by atoms with Gasteiger partial charge in [-0.25, -0.2) is 4.21 Å². The monoisotopic (exact) mass is 446 g/mol. The van der Waals surface area contributed by atoms with Crippen LogP contribution in [-0.2, 0) is 25.5 Å². The first-order chi connectivity index (χ1) is 14.2. The molecule has 1 atom stereocenters. The zero-order valence-electron chi connectivity index (χ0n) is 15.9. The average Bonchev–Trinajstić information content (AvgIpc) is 2.74. The molecule has 0 heterocycles. The smallest absolute Gasteiger partial charge is 0.290 e. The van der Waals surface area contributed by atoms with E-state index in [4.69, 9.17) is 4.74 Å². The first kappa shape index (κ1) is 21.5. The molecule has 156 valence electrons. The molecule has 0 aromatic heterocycles. The molecule has 0 fully saturated rings. The van der Waals surface area contributed by atoms with Crippen LogP contribution in [0.2, 0.25) is 0 Å². The van der Waals surface area contributed by atoms with Gasteiger partial charge in [-0.3, -0.25) is 10.1 Å². The molecule has 3 aromatic rings. The van der Waals surface area contributed by atoms with Gasteiger partial charge in [0.25, 0.3) is 15.7 Å². The second-order valence-corrected chi connectivity index (χ2v) is 10.3. The van der Waals surface area contributed by atoms with Gasteiger partial charge in [0.15, 0.2) is 0 Å². The molecule has 0 aliphatic carbocycles. The Bertz CT molecular complexity index is 1280. The number of nitro groups is 1. The molecule has 1 unspecified atom stereocenters. The average molecular weight is 447 g/mol. The lowest BCUT2D eigenvalue weighted by Gasteiger charge is -2.13. The van der Waals surface area contributed by atoms with Crippen molar-refractivity contribution >= 4 is 25.4 Å². The lowest BCUT2D eigenvalue weighted by Crippen LogP contribution is -2.10. The van der Waals surface area contributed by atoms with Gasteiger partial charge in [0.1, 0.15) is 5.75 Å². The van der Waals surface area contributed by atoms with Gasteiger partial charge in [-0.1, -0.05) is 36.4 Å². The zero-order valence-corrected chi connectivity index (χ0v) is 17.5. The van der Waals surface area contributed by atoms with Gasteiger partial charge in [-0.05, 0) is 30.3 Å². The number of hydrogen-bond acceptors (Lipinski definition) is 6. The number of nitrogens with zero attached hydrogens (tertiary/aromatic N) is 2. The molecule has 30 heavy (non-hydrogen) atoms. The molecule has 3 aromatic carbocycles. The molecule has 3 rings (SSSR count). The Morgan fingerprint density at radius 3 is 2.07 bits per heavy atom. The number of nitro benzene ring substituents is 1. The molecule has 0 aliphatic rings. The number of rotatable bonds is 7. The van der Waals surface area contributed by atoms with E-state index in [0.717, 1.165) is 24.3 Å². The minimum absolute atomic E-state index is 0.187. The van der Waals surface area contributed by atoms with E-state index in [2.05, 4.69) is 3.77 Å². The summed E-state index contributed by atoms with van der Waals surface area (Å²) in [4.78, 5) is 10.1. The number of benzene rings is 3. The topological polar surface area (TPSA) is 116 Å². The van der Waals surface area contributed by atoms with Crippen LogP contribution in [0.3, 0.4) is 0 Å². The summed E-state index contributed by atoms with van der Waals surface area (Å²) in [5, 5.41) is 10.8. The van der Waals surface area contributed by atoms with E-state index in [0.29, 0.717) is 11.3 Å². The van der Waals surface area contributed by atoms with Crippen LogP contribution in [0.25, 0.3) is 0 Å². The molecule has 0 bridgehead atoms. The Morgan fingerprint density at radius 1 is 0.867 bits per heavy atom. The Balaban J connectivity index is 2.15. The second kappa shape index (κ2) is 8.64. The summed E-state index contributed by atoms with van der Waals surface area (Å²) in [6.45, 7) is 0. The minimum Gasteiger partial charge on any atom is -0.496 e. The van der Waals surface area contributed by atoms with E-state index in [9.17, 15) is 22.7 Å². The molecule has 0 saturated heterocycles. The fourth-order valence-electron chi connectivity index (χ4n) is 2.76. The van der Waals surface area contributed by atoms with Gasteiger partial charge in [0.2, 0.25) is 0 Å². The SMILES string of the molecule is COc1ccccc1CS(=O)(=NS(=O)(=O)c1ccc([N+](=O)[O-])cc1)c1ccccc1. The quantitative estimate of drug-likeness (QED) is 0.400. The predicted octanol–water partition coefficient (Wildman–Crippen LogP) is 4.02. The number of methoxy groups -OCH3 is 1. The lowest BCUT2D eigenvalue weighted by molar-refractivity contribution is -0.384. The van der Waals surface area contributed by atoms with E-state index < -0.39 is 24.7 Å². The van der Waals surface area contributed by atoms with E-state index in [1.165, 1.54) is 7.11 Å². The summed E-state index contributed by atoms with van der Waals surface area (Å²) < 4.78 is 48.8. The highest BCUT2D eigenvalue weighted by atomic mass is 32.3. The highest BCUT2D eigenvalue weighted by Crippen LogP contribution is 2.28. The Hall–Kier alpha value is -3.24. The fourth-order valence-corrected chi connectivity index (χ4v) is 6.82. The van der Waals surface area contributed by atoms with E-state index in [1.54, 1.807) is 54.6 Å². The standard InChI is InChI=1S/C20H18N2O6S2/c1-28-20-10-6-5-7-16(20)15-29(25,18-8-3-2-4-9-18)21-30(26,27)19-13-11-17(12-14-19)22(23)24/h2-14H,15H2,1H3. The highest BCUT2D eigenvalue weighted by Gasteiger charge is 2.23. The molecular formula is C20H18N2O6S2. The molecule has 0 amide bonds. The fraction of sp³-hybridized carbons (Fsp3) is 0.100. The van der Waals surface area contributed by atoms with Crippen LogP contribution in [-0.4, -0.2) is 24.7 Å². The van der Waals surface area contributed by atoms with Crippen LogP contribution < -0.4 is 4.74 Å². The van der Waals surface area contributed by atoms with Gasteiger partial charge in [0, 0.05) is 22.6 Å². The van der Waals surface area contributed by atoms with E-state index >= 15 is 0 Å². The van der Waals surface area contributed by atoms with Crippen molar-refractivity contribution in [2.75, 3.05) is 7.11 Å². The molecule has 0 spiro atoms. The lowest BCUT2D eigenvalue weighted by atomic mass is 10.2. The number of ether oxygens (including phenoxy) is 1. The molecule has 0 aliphatic heterocycles. The maximum absolute atomic E-state index is 13.9. The predicted molar refractivity (Wildman–Crippen MR) is 112 cm³/mol. The maximum Gasteiger partial charge on any atom is 0.290 e. The summed E-state index contributed by atoms with van der Waals surface area (Å²) >= 11 is 0. The molecule has 0 radical (unpaired) electrons. The normalized spacial score (nSPS) is 13.2. The number of para-hydroxylation sites is 1. The number of hydrogen-bond donors (Lipinski definition) is 0. The Labute approximate surface area is 174 Å². The van der Waals surface area contributed by atoms with E-state index in [1.807, 2.05) is 0 Å². The first-order valence-electron chi connectivity index (χ1n) is 8.68. The van der Waals surface area contributed by atoms with Crippen molar-refractivity contribution in [2.45, 2.75) is 15.5 Å². The summed E-state index contributed by atoms with van der Waals surface area (Å²) in [7, 11) is -6.36. The molecule has 0 saturated carbocycles.